The van der Waals surface area contributed by atoms with Gasteiger partial charge in [0, 0.05) is 50.2 Å². The zero-order chi connectivity index (χ0) is 30.1. The summed E-state index contributed by atoms with van der Waals surface area (Å²) in [6, 6.07) is 9.14. The van der Waals surface area contributed by atoms with Gasteiger partial charge in [0.2, 0.25) is 5.78 Å². The number of ether oxygens (including phenoxy) is 3. The number of pyridine rings is 1. The van der Waals surface area contributed by atoms with Gasteiger partial charge < -0.3 is 34.2 Å². The highest BCUT2D eigenvalue weighted by molar-refractivity contribution is 6.11. The number of carbonyl (C=O) groups excluding carboxylic acids is 1. The summed E-state index contributed by atoms with van der Waals surface area (Å²) in [5.41, 5.74) is 9.83. The second-order valence-electron chi connectivity index (χ2n) is 9.53. The summed E-state index contributed by atoms with van der Waals surface area (Å²) in [5.74, 6) is -1.28. The Morgan fingerprint density at radius 1 is 1.17 bits per heavy atom. The molecule has 0 spiro atoms. The number of rotatable bonds is 10. The number of fused-ring (bicyclic) bond motifs is 2. The fourth-order valence-corrected chi connectivity index (χ4v) is 5.15. The quantitative estimate of drug-likeness (QED) is 0.123. The van der Waals surface area contributed by atoms with Gasteiger partial charge in [-0.25, -0.2) is 13.8 Å². The number of nitrogen functional groups attached to an aromatic ring is 1. The minimum atomic E-state index is -1.00. The van der Waals surface area contributed by atoms with Crippen LogP contribution in [-0.4, -0.2) is 47.6 Å². The number of nitrogens with one attached hydrogen (secondary N) is 1. The Labute approximate surface area is 241 Å². The first kappa shape index (κ1) is 28.6. The zero-order valence-electron chi connectivity index (χ0n) is 23.9. The molecule has 0 radical (unpaired) electrons. The van der Waals surface area contributed by atoms with Gasteiger partial charge in [0.1, 0.15) is 41.0 Å². The molecular weight excluding hydrogens is 544 g/mol. The minimum Gasteiger partial charge on any atom is -0.501 e. The van der Waals surface area contributed by atoms with Crippen molar-refractivity contribution in [2.75, 3.05) is 38.9 Å². The number of anilines is 2. The Bertz CT molecular complexity index is 1840. The SMILES string of the molecule is CCO/C=C/c1cc(C(=O)c2cc(F)c(N)c(F)c2)n2cccc(-c3c(OC)cc4c(nc(COC)n4C)c3NC)c12. The number of methoxy groups -OCH3 is 2. The monoisotopic (exact) mass is 575 g/mol. The summed E-state index contributed by atoms with van der Waals surface area (Å²) in [6.07, 6.45) is 5.00. The highest BCUT2D eigenvalue weighted by atomic mass is 19.1. The number of carbonyl (C=O) groups is 1. The number of aryl methyl sites for hydroxylation is 1. The lowest BCUT2D eigenvalue weighted by Crippen LogP contribution is -2.08. The van der Waals surface area contributed by atoms with Crippen LogP contribution < -0.4 is 15.8 Å². The van der Waals surface area contributed by atoms with Crippen LogP contribution in [0.25, 0.3) is 33.8 Å². The second kappa shape index (κ2) is 11.5. The zero-order valence-corrected chi connectivity index (χ0v) is 23.9. The molecule has 0 fully saturated rings. The van der Waals surface area contributed by atoms with Crippen LogP contribution in [0.2, 0.25) is 0 Å². The van der Waals surface area contributed by atoms with E-state index in [1.807, 2.05) is 30.7 Å². The third-order valence-electron chi connectivity index (χ3n) is 7.15. The standard InChI is InChI=1S/C31H31F2N5O4/c1-6-42-11-9-17-14-23(31(39)18-12-20(32)27(34)21(33)13-18)38-10-7-8-19(30(17)38)26-24(41-5)15-22-28(29(26)35-2)36-25(16-40-4)37(22)3/h7-15,35H,6,16,34H2,1-5H3/b11-9+. The summed E-state index contributed by atoms with van der Waals surface area (Å²) in [5, 5.41) is 3.29. The van der Waals surface area contributed by atoms with E-state index in [1.165, 1.54) is 6.26 Å². The molecule has 218 valence electrons. The van der Waals surface area contributed by atoms with Crippen LogP contribution >= 0.6 is 0 Å². The van der Waals surface area contributed by atoms with Crippen molar-refractivity contribution in [2.45, 2.75) is 13.5 Å². The van der Waals surface area contributed by atoms with Gasteiger partial charge in [-0.05, 0) is 37.3 Å². The Morgan fingerprint density at radius 3 is 2.55 bits per heavy atom. The third-order valence-corrected chi connectivity index (χ3v) is 7.15. The van der Waals surface area contributed by atoms with E-state index in [1.54, 1.807) is 50.1 Å². The molecule has 0 bridgehead atoms. The van der Waals surface area contributed by atoms with Crippen LogP contribution in [0.5, 0.6) is 5.75 Å². The molecule has 0 saturated carbocycles. The fraction of sp³-hybridized carbons (Fsp3) is 0.226. The molecule has 3 heterocycles. The number of benzene rings is 2. The van der Waals surface area contributed by atoms with Crippen molar-refractivity contribution in [2.24, 2.45) is 7.05 Å². The van der Waals surface area contributed by atoms with Gasteiger partial charge in [-0.2, -0.15) is 0 Å². The van der Waals surface area contributed by atoms with Crippen LogP contribution in [0.15, 0.2) is 48.9 Å². The van der Waals surface area contributed by atoms with Crippen molar-refractivity contribution >= 4 is 39.8 Å². The average molecular weight is 576 g/mol. The first-order valence-electron chi connectivity index (χ1n) is 13.2. The number of imidazole rings is 1. The number of ketones is 1. The van der Waals surface area contributed by atoms with Gasteiger partial charge >= 0.3 is 0 Å². The van der Waals surface area contributed by atoms with Crippen LogP contribution in [0.4, 0.5) is 20.2 Å². The van der Waals surface area contributed by atoms with E-state index in [-0.39, 0.29) is 11.3 Å². The van der Waals surface area contributed by atoms with Crippen molar-refractivity contribution < 1.29 is 27.8 Å². The summed E-state index contributed by atoms with van der Waals surface area (Å²) >= 11 is 0. The van der Waals surface area contributed by atoms with Crippen LogP contribution in [0.3, 0.4) is 0 Å². The topological polar surface area (TPSA) is 105 Å². The lowest BCUT2D eigenvalue weighted by molar-refractivity contribution is 0.103. The largest absolute Gasteiger partial charge is 0.501 e. The molecule has 3 N–H and O–H groups in total. The predicted octanol–water partition coefficient (Wildman–Crippen LogP) is 5.79. The molecule has 0 aliphatic heterocycles. The lowest BCUT2D eigenvalue weighted by Gasteiger charge is -2.17. The first-order valence-corrected chi connectivity index (χ1v) is 13.2. The van der Waals surface area contributed by atoms with E-state index in [0.717, 1.165) is 29.0 Å². The van der Waals surface area contributed by atoms with Crippen molar-refractivity contribution in [1.82, 2.24) is 14.0 Å². The molecule has 0 atom stereocenters. The first-order chi connectivity index (χ1) is 20.2. The summed E-state index contributed by atoms with van der Waals surface area (Å²) in [6.45, 7) is 2.63. The summed E-state index contributed by atoms with van der Waals surface area (Å²) in [7, 11) is 6.91. The van der Waals surface area contributed by atoms with Crippen LogP contribution in [0, 0.1) is 11.6 Å². The normalized spacial score (nSPS) is 11.6. The number of nitrogens with zero attached hydrogens (tertiary/aromatic N) is 3. The van der Waals surface area contributed by atoms with Crippen molar-refractivity contribution in [3.63, 3.8) is 0 Å². The van der Waals surface area contributed by atoms with Gasteiger partial charge in [-0.3, -0.25) is 4.79 Å². The summed E-state index contributed by atoms with van der Waals surface area (Å²) in [4.78, 5) is 18.5. The molecule has 9 nitrogen and oxygen atoms in total. The van der Waals surface area contributed by atoms with Crippen LogP contribution in [-0.2, 0) is 23.1 Å². The van der Waals surface area contributed by atoms with Crippen molar-refractivity contribution in [3.05, 3.63) is 83.1 Å². The van der Waals surface area contributed by atoms with Crippen molar-refractivity contribution in [3.8, 4) is 16.9 Å². The van der Waals surface area contributed by atoms with Gasteiger partial charge in [0.05, 0.1) is 48.0 Å². The highest BCUT2D eigenvalue weighted by Crippen LogP contribution is 2.45. The molecule has 0 aliphatic carbocycles. The fourth-order valence-electron chi connectivity index (χ4n) is 5.15. The van der Waals surface area contributed by atoms with E-state index >= 15 is 0 Å². The van der Waals surface area contributed by atoms with Gasteiger partial charge in [-0.1, -0.05) is 6.07 Å². The average Bonchev–Trinajstić information content (AvgIpc) is 3.51. The number of halogens is 2. The maximum atomic E-state index is 14.3. The third kappa shape index (κ3) is 4.71. The number of hydrogen-bond acceptors (Lipinski definition) is 7. The van der Waals surface area contributed by atoms with Gasteiger partial charge in [-0.15, -0.1) is 0 Å². The molecule has 0 saturated heterocycles. The molecule has 5 rings (SSSR count). The van der Waals surface area contributed by atoms with E-state index < -0.39 is 23.1 Å². The second-order valence-corrected chi connectivity index (χ2v) is 9.53. The molecular formula is C31H31F2N5O4. The molecule has 11 heteroatoms. The minimum absolute atomic E-state index is 0.168. The molecule has 0 amide bonds. The molecule has 2 aromatic carbocycles. The number of nitrogens with two attached hydrogens (primary N) is 1. The number of aromatic nitrogens is 3. The molecule has 42 heavy (non-hydrogen) atoms. The Balaban J connectivity index is 1.82. The predicted molar refractivity (Wildman–Crippen MR) is 159 cm³/mol. The highest BCUT2D eigenvalue weighted by Gasteiger charge is 2.25. The Kier molecular flexibility index (Phi) is 7.86. The van der Waals surface area contributed by atoms with E-state index in [2.05, 4.69) is 5.32 Å². The number of hydrogen-bond donors (Lipinski definition) is 2. The molecule has 0 aliphatic rings. The van der Waals surface area contributed by atoms with E-state index in [9.17, 15) is 13.6 Å². The Hall–Kier alpha value is -4.90. The Morgan fingerprint density at radius 2 is 1.90 bits per heavy atom. The maximum Gasteiger partial charge on any atom is 0.209 e. The maximum absolute atomic E-state index is 14.3. The molecule has 0 unspecified atom stereocenters. The van der Waals surface area contributed by atoms with E-state index in [4.69, 9.17) is 24.9 Å². The molecule has 5 aromatic rings. The van der Waals surface area contributed by atoms with Gasteiger partial charge in [0.15, 0.2) is 0 Å². The lowest BCUT2D eigenvalue weighted by atomic mass is 9.99. The molecule has 3 aromatic heterocycles. The van der Waals surface area contributed by atoms with Crippen LogP contribution in [0.1, 0.15) is 34.4 Å². The smallest absolute Gasteiger partial charge is 0.209 e. The summed E-state index contributed by atoms with van der Waals surface area (Å²) < 4.78 is 49.0. The van der Waals surface area contributed by atoms with E-state index in [0.29, 0.717) is 46.8 Å². The van der Waals surface area contributed by atoms with Gasteiger partial charge in [0.25, 0.3) is 0 Å². The van der Waals surface area contributed by atoms with Crippen molar-refractivity contribution in [1.29, 1.82) is 0 Å².